The zero-order chi connectivity index (χ0) is 18.2. The average Bonchev–Trinajstić information content (AvgIpc) is 2.54. The van der Waals surface area contributed by atoms with Crippen molar-refractivity contribution in [2.24, 2.45) is 5.73 Å². The summed E-state index contributed by atoms with van der Waals surface area (Å²) in [7, 11) is 0. The molecule has 6 N–H and O–H groups in total. The van der Waals surface area contributed by atoms with Gasteiger partial charge >= 0.3 is 0 Å². The van der Waals surface area contributed by atoms with Crippen molar-refractivity contribution in [1.29, 1.82) is 0 Å². The highest BCUT2D eigenvalue weighted by atomic mass is 16.5. The van der Waals surface area contributed by atoms with Crippen LogP contribution in [-0.4, -0.2) is 40.9 Å². The molecule has 0 aromatic heterocycles. The molecule has 25 heavy (non-hydrogen) atoms. The second-order valence-corrected chi connectivity index (χ2v) is 5.60. The van der Waals surface area contributed by atoms with Crippen molar-refractivity contribution in [3.63, 3.8) is 0 Å². The first-order valence-corrected chi connectivity index (χ1v) is 7.86. The Hall–Kier alpha value is -2.77. The molecule has 2 aromatic rings. The number of phenols is 2. The van der Waals surface area contributed by atoms with Crippen molar-refractivity contribution >= 4 is 5.91 Å². The predicted octanol–water partition coefficient (Wildman–Crippen LogP) is 0.828. The predicted molar refractivity (Wildman–Crippen MR) is 92.4 cm³/mol. The van der Waals surface area contributed by atoms with Crippen LogP contribution in [0.4, 0.5) is 0 Å². The number of ether oxygens (including phenoxy) is 1. The van der Waals surface area contributed by atoms with Gasteiger partial charge in [-0.2, -0.15) is 0 Å². The highest BCUT2D eigenvalue weighted by molar-refractivity contribution is 5.77. The molecule has 0 aliphatic heterocycles. The molecule has 2 aromatic carbocycles. The van der Waals surface area contributed by atoms with E-state index in [1.165, 1.54) is 18.2 Å². The van der Waals surface area contributed by atoms with Crippen LogP contribution in [0.1, 0.15) is 17.2 Å². The molecule has 0 aliphatic rings. The number of aliphatic hydroxyl groups excluding tert-OH is 1. The lowest BCUT2D eigenvalue weighted by Gasteiger charge is -2.14. The molecular formula is C18H22N2O5. The first-order valence-electron chi connectivity index (χ1n) is 7.86. The molecule has 0 aliphatic carbocycles. The number of aliphatic hydroxyl groups is 1. The van der Waals surface area contributed by atoms with Crippen LogP contribution in [0.2, 0.25) is 0 Å². The SMILES string of the molecule is NC(=O)Cc1ccccc1OCCNCC(O)c1cc(O)cc(O)c1. The van der Waals surface area contributed by atoms with Gasteiger partial charge in [0.25, 0.3) is 0 Å². The lowest BCUT2D eigenvalue weighted by molar-refractivity contribution is -0.117. The fourth-order valence-corrected chi connectivity index (χ4v) is 2.38. The van der Waals surface area contributed by atoms with Gasteiger partial charge in [0.05, 0.1) is 12.5 Å². The molecule has 7 nitrogen and oxygen atoms in total. The number of hydrogen-bond donors (Lipinski definition) is 5. The van der Waals surface area contributed by atoms with Crippen molar-refractivity contribution in [2.45, 2.75) is 12.5 Å². The van der Waals surface area contributed by atoms with Gasteiger partial charge in [0, 0.05) is 24.7 Å². The molecule has 0 bridgehead atoms. The van der Waals surface area contributed by atoms with Gasteiger partial charge in [0.1, 0.15) is 23.9 Å². The Balaban J connectivity index is 1.77. The maximum Gasteiger partial charge on any atom is 0.221 e. The molecule has 0 spiro atoms. The van der Waals surface area contributed by atoms with Crippen LogP contribution >= 0.6 is 0 Å². The number of nitrogens with one attached hydrogen (secondary N) is 1. The van der Waals surface area contributed by atoms with Crippen LogP contribution < -0.4 is 15.8 Å². The summed E-state index contributed by atoms with van der Waals surface area (Å²) in [5.74, 6) is -0.0416. The van der Waals surface area contributed by atoms with E-state index in [-0.39, 0.29) is 24.5 Å². The number of amides is 1. The molecule has 1 amide bonds. The fraction of sp³-hybridized carbons (Fsp3) is 0.278. The maximum absolute atomic E-state index is 11.0. The van der Waals surface area contributed by atoms with Gasteiger partial charge < -0.3 is 31.1 Å². The Morgan fingerprint density at radius 1 is 1.16 bits per heavy atom. The highest BCUT2D eigenvalue weighted by Crippen LogP contribution is 2.24. The molecule has 0 saturated heterocycles. The smallest absolute Gasteiger partial charge is 0.221 e. The Bertz CT molecular complexity index is 700. The maximum atomic E-state index is 11.0. The minimum atomic E-state index is -0.875. The number of para-hydroxylation sites is 1. The lowest BCUT2D eigenvalue weighted by atomic mass is 10.1. The van der Waals surface area contributed by atoms with Crippen molar-refractivity contribution in [3.05, 3.63) is 53.6 Å². The molecule has 1 unspecified atom stereocenters. The van der Waals surface area contributed by atoms with Gasteiger partial charge in [-0.1, -0.05) is 18.2 Å². The van der Waals surface area contributed by atoms with Crippen LogP contribution in [0.5, 0.6) is 17.2 Å². The first kappa shape index (κ1) is 18.6. The third-order valence-corrected chi connectivity index (χ3v) is 3.52. The number of primary amides is 1. The van der Waals surface area contributed by atoms with Crippen LogP contribution in [0.15, 0.2) is 42.5 Å². The average molecular weight is 346 g/mol. The van der Waals surface area contributed by atoms with Crippen molar-refractivity contribution in [2.75, 3.05) is 19.7 Å². The topological polar surface area (TPSA) is 125 Å². The number of carbonyl (C=O) groups is 1. The highest BCUT2D eigenvalue weighted by Gasteiger charge is 2.10. The number of benzene rings is 2. The second-order valence-electron chi connectivity index (χ2n) is 5.60. The minimum absolute atomic E-state index is 0.108. The molecule has 2 rings (SSSR count). The van der Waals surface area contributed by atoms with E-state index in [1.54, 1.807) is 12.1 Å². The number of nitrogens with two attached hydrogens (primary N) is 1. The van der Waals surface area contributed by atoms with E-state index in [4.69, 9.17) is 10.5 Å². The second kappa shape index (κ2) is 8.91. The zero-order valence-electron chi connectivity index (χ0n) is 13.7. The summed E-state index contributed by atoms with van der Waals surface area (Å²) in [6.45, 7) is 1.04. The fourth-order valence-electron chi connectivity index (χ4n) is 2.38. The Morgan fingerprint density at radius 2 is 1.84 bits per heavy atom. The summed E-state index contributed by atoms with van der Waals surface area (Å²) in [5, 5.41) is 31.9. The van der Waals surface area contributed by atoms with E-state index < -0.39 is 12.0 Å². The molecule has 134 valence electrons. The normalized spacial score (nSPS) is 11.9. The quantitative estimate of drug-likeness (QED) is 0.428. The van der Waals surface area contributed by atoms with Gasteiger partial charge in [-0.05, 0) is 23.8 Å². The van der Waals surface area contributed by atoms with Crippen LogP contribution in [-0.2, 0) is 11.2 Å². The van der Waals surface area contributed by atoms with Crippen LogP contribution in [0, 0.1) is 0 Å². The minimum Gasteiger partial charge on any atom is -0.508 e. The summed E-state index contributed by atoms with van der Waals surface area (Å²) < 4.78 is 5.63. The van der Waals surface area contributed by atoms with Gasteiger partial charge in [0.15, 0.2) is 0 Å². The molecule has 0 saturated carbocycles. The monoisotopic (exact) mass is 346 g/mol. The van der Waals surface area contributed by atoms with Gasteiger partial charge in [-0.25, -0.2) is 0 Å². The molecule has 0 radical (unpaired) electrons. The van der Waals surface area contributed by atoms with E-state index >= 15 is 0 Å². The third kappa shape index (κ3) is 5.98. The molecule has 1 atom stereocenters. The molecular weight excluding hydrogens is 324 g/mol. The Kier molecular flexibility index (Phi) is 6.62. The summed E-state index contributed by atoms with van der Waals surface area (Å²) in [6, 6.07) is 11.1. The van der Waals surface area contributed by atoms with Gasteiger partial charge in [-0.15, -0.1) is 0 Å². The van der Waals surface area contributed by atoms with Crippen LogP contribution in [0.25, 0.3) is 0 Å². The standard InChI is InChI=1S/C18H22N2O5/c19-18(24)9-12-3-1-2-4-17(12)25-6-5-20-11-16(23)13-7-14(21)10-15(22)8-13/h1-4,7-8,10,16,20-23H,5-6,9,11H2,(H2,19,24). The van der Waals surface area contributed by atoms with Gasteiger partial charge in [0.2, 0.25) is 5.91 Å². The third-order valence-electron chi connectivity index (χ3n) is 3.52. The Morgan fingerprint density at radius 3 is 2.52 bits per heavy atom. The van der Waals surface area contributed by atoms with Gasteiger partial charge in [-0.3, -0.25) is 4.79 Å². The van der Waals surface area contributed by atoms with E-state index in [0.29, 0.717) is 24.5 Å². The van der Waals surface area contributed by atoms with E-state index in [0.717, 1.165) is 5.56 Å². The first-order chi connectivity index (χ1) is 12.0. The summed E-state index contributed by atoms with van der Waals surface area (Å²) in [5.41, 5.74) is 6.35. The molecule has 0 heterocycles. The molecule has 0 fully saturated rings. The lowest BCUT2D eigenvalue weighted by Crippen LogP contribution is -2.26. The number of phenolic OH excluding ortho intramolecular Hbond substituents is 2. The van der Waals surface area contributed by atoms with Crippen molar-refractivity contribution in [1.82, 2.24) is 5.32 Å². The van der Waals surface area contributed by atoms with E-state index in [1.807, 2.05) is 12.1 Å². The van der Waals surface area contributed by atoms with E-state index in [9.17, 15) is 20.1 Å². The van der Waals surface area contributed by atoms with Crippen molar-refractivity contribution in [3.8, 4) is 17.2 Å². The largest absolute Gasteiger partial charge is 0.508 e. The summed E-state index contributed by atoms with van der Waals surface area (Å²) >= 11 is 0. The number of rotatable bonds is 9. The molecule has 7 heteroatoms. The number of hydrogen-bond acceptors (Lipinski definition) is 6. The van der Waals surface area contributed by atoms with Crippen molar-refractivity contribution < 1.29 is 24.9 Å². The summed E-state index contributed by atoms with van der Waals surface area (Å²) in [6.07, 6.45) is -0.760. The summed E-state index contributed by atoms with van der Waals surface area (Å²) in [4.78, 5) is 11.0. The zero-order valence-corrected chi connectivity index (χ0v) is 13.7. The number of aromatic hydroxyl groups is 2. The van der Waals surface area contributed by atoms with E-state index in [2.05, 4.69) is 5.32 Å². The number of carbonyl (C=O) groups excluding carboxylic acids is 1. The van der Waals surface area contributed by atoms with Crippen LogP contribution in [0.3, 0.4) is 0 Å². The Labute approximate surface area is 145 Å².